The molecule has 0 saturated heterocycles. The van der Waals surface area contributed by atoms with E-state index in [0.717, 1.165) is 13.2 Å². The van der Waals surface area contributed by atoms with Gasteiger partial charge in [0.25, 0.3) is 11.6 Å². The topological polar surface area (TPSA) is 128 Å². The van der Waals surface area contributed by atoms with Crippen LogP contribution >= 0.6 is 0 Å². The first-order valence-electron chi connectivity index (χ1n) is 7.56. The molecule has 144 valence electrons. The van der Waals surface area contributed by atoms with Crippen LogP contribution in [0.3, 0.4) is 0 Å². The minimum absolute atomic E-state index is 0.134. The number of nitro benzene ring substituents is 1. The summed E-state index contributed by atoms with van der Waals surface area (Å²) in [6, 6.07) is 0.232. The first-order valence-corrected chi connectivity index (χ1v) is 7.56. The third-order valence-corrected chi connectivity index (χ3v) is 3.39. The number of carbonyl (C=O) groups excluding carboxylic acids is 1. The van der Waals surface area contributed by atoms with E-state index in [1.165, 1.54) is 0 Å². The van der Waals surface area contributed by atoms with Crippen LogP contribution in [0.5, 0.6) is 11.5 Å². The zero-order chi connectivity index (χ0) is 19.9. The molecule has 0 bridgehead atoms. The van der Waals surface area contributed by atoms with Gasteiger partial charge in [-0.25, -0.2) is 4.79 Å². The molecule has 0 aliphatic rings. The first kappa shape index (κ1) is 21.1. The molecule has 0 aliphatic carbocycles. The van der Waals surface area contributed by atoms with Gasteiger partial charge in [-0.3, -0.25) is 14.9 Å². The first-order chi connectivity index (χ1) is 12.2. The molecule has 0 aliphatic heterocycles. The van der Waals surface area contributed by atoms with Gasteiger partial charge >= 0.3 is 12.6 Å². The van der Waals surface area contributed by atoms with Crippen molar-refractivity contribution < 1.29 is 37.9 Å². The van der Waals surface area contributed by atoms with Crippen LogP contribution in [0.25, 0.3) is 0 Å². The number of halogens is 2. The van der Waals surface area contributed by atoms with Crippen molar-refractivity contribution in [2.75, 3.05) is 7.11 Å². The fourth-order valence-corrected chi connectivity index (χ4v) is 2.13. The number of amides is 1. The molecule has 0 unspecified atom stereocenters. The highest BCUT2D eigenvalue weighted by atomic mass is 19.3. The molecule has 1 aromatic carbocycles. The van der Waals surface area contributed by atoms with Gasteiger partial charge in [0.15, 0.2) is 11.5 Å². The lowest BCUT2D eigenvalue weighted by Gasteiger charge is -2.15. The molecule has 26 heavy (non-hydrogen) atoms. The number of unbranched alkanes of at least 4 members (excludes halogenated alkanes) is 1. The summed E-state index contributed by atoms with van der Waals surface area (Å²) in [4.78, 5) is 33.8. The number of carbonyl (C=O) groups is 2. The summed E-state index contributed by atoms with van der Waals surface area (Å²) in [7, 11) is 1.10. The average molecular weight is 376 g/mol. The monoisotopic (exact) mass is 376 g/mol. The highest BCUT2D eigenvalue weighted by Gasteiger charge is 2.28. The standard InChI is InChI=1S/C15H18F2N2O7/c1-3-4-5-9(14(21)22)18-13(20)8-6-11(25-2)12(26-15(16)17)7-10(8)19(23)24/h6-7,9,15H,3-5H2,1-2H3,(H,18,20)(H,21,22)/t9-/m0/s1. The second kappa shape index (κ2) is 9.49. The maximum atomic E-state index is 12.4. The lowest BCUT2D eigenvalue weighted by molar-refractivity contribution is -0.385. The number of carboxylic acid groups (broad SMARTS) is 1. The van der Waals surface area contributed by atoms with E-state index in [-0.39, 0.29) is 12.2 Å². The fraction of sp³-hybridized carbons (Fsp3) is 0.467. The van der Waals surface area contributed by atoms with Crippen LogP contribution in [0, 0.1) is 10.1 Å². The van der Waals surface area contributed by atoms with Gasteiger partial charge in [-0.2, -0.15) is 8.78 Å². The van der Waals surface area contributed by atoms with Crippen LogP contribution < -0.4 is 14.8 Å². The van der Waals surface area contributed by atoms with Crippen molar-refractivity contribution in [3.05, 3.63) is 27.8 Å². The lowest BCUT2D eigenvalue weighted by Crippen LogP contribution is -2.40. The van der Waals surface area contributed by atoms with Crippen molar-refractivity contribution >= 4 is 17.6 Å². The van der Waals surface area contributed by atoms with Crippen LogP contribution in [0.4, 0.5) is 14.5 Å². The van der Waals surface area contributed by atoms with Gasteiger partial charge < -0.3 is 19.9 Å². The van der Waals surface area contributed by atoms with E-state index >= 15 is 0 Å². The molecule has 1 aromatic rings. The average Bonchev–Trinajstić information content (AvgIpc) is 2.57. The summed E-state index contributed by atoms with van der Waals surface area (Å²) in [5.74, 6) is -3.28. The summed E-state index contributed by atoms with van der Waals surface area (Å²) in [6.45, 7) is -1.42. The molecule has 1 rings (SSSR count). The Bertz CT molecular complexity index is 682. The minimum atomic E-state index is -3.26. The predicted molar refractivity (Wildman–Crippen MR) is 84.7 cm³/mol. The van der Waals surface area contributed by atoms with Gasteiger partial charge in [0.05, 0.1) is 18.1 Å². The smallest absolute Gasteiger partial charge is 0.387 e. The molecule has 0 spiro atoms. The van der Waals surface area contributed by atoms with Crippen molar-refractivity contribution in [2.45, 2.75) is 38.8 Å². The summed E-state index contributed by atoms with van der Waals surface area (Å²) >= 11 is 0. The molecule has 0 fully saturated rings. The molecule has 1 atom stereocenters. The van der Waals surface area contributed by atoms with Crippen LogP contribution in [0.15, 0.2) is 12.1 Å². The largest absolute Gasteiger partial charge is 0.493 e. The van der Waals surface area contributed by atoms with Gasteiger partial charge in [0, 0.05) is 6.07 Å². The molecule has 9 nitrogen and oxygen atoms in total. The number of hydrogen-bond donors (Lipinski definition) is 2. The molecule has 0 radical (unpaired) electrons. The number of nitro groups is 1. The molecule has 11 heteroatoms. The summed E-state index contributed by atoms with van der Waals surface area (Å²) in [6.07, 6.45) is 1.34. The maximum Gasteiger partial charge on any atom is 0.387 e. The number of rotatable bonds is 10. The van der Waals surface area contributed by atoms with Gasteiger partial charge in [-0.1, -0.05) is 19.8 Å². The number of alkyl halides is 2. The molecule has 0 saturated carbocycles. The van der Waals surface area contributed by atoms with Crippen LogP contribution in [0.2, 0.25) is 0 Å². The minimum Gasteiger partial charge on any atom is -0.493 e. The van der Waals surface area contributed by atoms with E-state index in [1.807, 2.05) is 6.92 Å². The summed E-state index contributed by atoms with van der Waals surface area (Å²) < 4.78 is 33.8. The van der Waals surface area contributed by atoms with Crippen molar-refractivity contribution in [1.82, 2.24) is 5.32 Å². The number of nitrogens with one attached hydrogen (secondary N) is 1. The van der Waals surface area contributed by atoms with Gasteiger partial charge in [0.1, 0.15) is 11.6 Å². The highest BCUT2D eigenvalue weighted by Crippen LogP contribution is 2.35. The fourth-order valence-electron chi connectivity index (χ4n) is 2.13. The number of benzene rings is 1. The van der Waals surface area contributed by atoms with E-state index in [2.05, 4.69) is 10.1 Å². The second-order valence-electron chi connectivity index (χ2n) is 5.16. The normalized spacial score (nSPS) is 11.7. The zero-order valence-corrected chi connectivity index (χ0v) is 14.0. The second-order valence-corrected chi connectivity index (χ2v) is 5.16. The van der Waals surface area contributed by atoms with Crippen molar-refractivity contribution in [3.8, 4) is 11.5 Å². The molecule has 0 heterocycles. The van der Waals surface area contributed by atoms with Crippen molar-refractivity contribution in [3.63, 3.8) is 0 Å². The summed E-state index contributed by atoms with van der Waals surface area (Å²) in [5, 5.41) is 22.5. The maximum absolute atomic E-state index is 12.4. The molecular weight excluding hydrogens is 358 g/mol. The number of aliphatic carboxylic acids is 1. The Hall–Kier alpha value is -2.98. The Balaban J connectivity index is 3.25. The number of methoxy groups -OCH3 is 1. The Kier molecular flexibility index (Phi) is 7.69. The highest BCUT2D eigenvalue weighted by molar-refractivity contribution is 6.00. The molecule has 0 aromatic heterocycles. The van der Waals surface area contributed by atoms with Crippen LogP contribution in [-0.4, -0.2) is 41.7 Å². The number of ether oxygens (including phenoxy) is 2. The quantitative estimate of drug-likeness (QED) is 0.474. The van der Waals surface area contributed by atoms with E-state index < -0.39 is 46.5 Å². The van der Waals surface area contributed by atoms with Crippen molar-refractivity contribution in [2.24, 2.45) is 0 Å². The Morgan fingerprint density at radius 3 is 2.46 bits per heavy atom. The summed E-state index contributed by atoms with van der Waals surface area (Å²) in [5.41, 5.74) is -1.35. The van der Waals surface area contributed by atoms with E-state index in [1.54, 1.807) is 0 Å². The number of nitrogens with zero attached hydrogens (tertiary/aromatic N) is 1. The van der Waals surface area contributed by atoms with E-state index in [0.29, 0.717) is 18.9 Å². The van der Waals surface area contributed by atoms with E-state index in [9.17, 15) is 28.5 Å². The van der Waals surface area contributed by atoms with Crippen LogP contribution in [-0.2, 0) is 4.79 Å². The third kappa shape index (κ3) is 5.53. The van der Waals surface area contributed by atoms with Gasteiger partial charge in [-0.05, 0) is 6.42 Å². The van der Waals surface area contributed by atoms with Gasteiger partial charge in [0.2, 0.25) is 0 Å². The number of carboxylic acids is 1. The Labute approximate surface area is 147 Å². The molecular formula is C15H18F2N2O7. The predicted octanol–water partition coefficient (Wildman–Crippen LogP) is 2.58. The molecule has 2 N–H and O–H groups in total. The third-order valence-electron chi connectivity index (χ3n) is 3.39. The SMILES string of the molecule is CCCC[C@H](NC(=O)c1cc(OC)c(OC(F)F)cc1[N+](=O)[O-])C(=O)O. The Morgan fingerprint density at radius 2 is 2.00 bits per heavy atom. The zero-order valence-electron chi connectivity index (χ0n) is 14.0. The Morgan fingerprint density at radius 1 is 1.35 bits per heavy atom. The number of hydrogen-bond acceptors (Lipinski definition) is 6. The van der Waals surface area contributed by atoms with Gasteiger partial charge in [-0.15, -0.1) is 0 Å². The lowest BCUT2D eigenvalue weighted by atomic mass is 10.1. The van der Waals surface area contributed by atoms with Crippen molar-refractivity contribution in [1.29, 1.82) is 0 Å². The van der Waals surface area contributed by atoms with Crippen LogP contribution in [0.1, 0.15) is 36.5 Å². The van der Waals surface area contributed by atoms with E-state index in [4.69, 9.17) is 9.84 Å². The molecule has 1 amide bonds.